The molecule has 1 heterocycles. The van der Waals surface area contributed by atoms with Gasteiger partial charge in [0.05, 0.1) is 26.8 Å². The molecule has 0 radical (unpaired) electrons. The fraction of sp³-hybridized carbons (Fsp3) is 0. The Hall–Kier alpha value is -3.49. The van der Waals surface area contributed by atoms with E-state index >= 15 is 0 Å². The summed E-state index contributed by atoms with van der Waals surface area (Å²) in [4.78, 5) is 39.0. The van der Waals surface area contributed by atoms with Gasteiger partial charge >= 0.3 is 5.97 Å². The molecule has 2 aromatic carbocycles. The predicted molar refractivity (Wildman–Crippen MR) is 107 cm³/mol. The Labute approximate surface area is 174 Å². The molecule has 0 aliphatic carbocycles. The van der Waals surface area contributed by atoms with E-state index in [-0.39, 0.29) is 38.3 Å². The number of pyridine rings is 1. The number of halogens is 2. The lowest BCUT2D eigenvalue weighted by Gasteiger charge is -2.12. The van der Waals surface area contributed by atoms with Crippen LogP contribution in [0.5, 0.6) is 5.75 Å². The van der Waals surface area contributed by atoms with Crippen LogP contribution in [0.15, 0.2) is 60.9 Å². The molecular weight excluding hydrogens is 421 g/mol. The van der Waals surface area contributed by atoms with Crippen LogP contribution in [0.1, 0.15) is 20.7 Å². The Bertz CT molecular complexity index is 1110. The molecule has 0 atom stereocenters. The van der Waals surface area contributed by atoms with Crippen molar-refractivity contribution < 1.29 is 19.2 Å². The van der Waals surface area contributed by atoms with Crippen molar-refractivity contribution in [1.82, 2.24) is 4.98 Å². The number of ether oxygens (including phenoxy) is 1. The van der Waals surface area contributed by atoms with Crippen LogP contribution < -0.4 is 10.1 Å². The van der Waals surface area contributed by atoms with Crippen LogP contribution in [-0.2, 0) is 0 Å². The number of benzene rings is 2. The lowest BCUT2D eigenvalue weighted by molar-refractivity contribution is -0.384. The summed E-state index contributed by atoms with van der Waals surface area (Å²) in [6.45, 7) is 0. The summed E-state index contributed by atoms with van der Waals surface area (Å²) in [5.74, 6) is -1.37. The highest BCUT2D eigenvalue weighted by atomic mass is 35.5. The Morgan fingerprint density at radius 1 is 1.03 bits per heavy atom. The van der Waals surface area contributed by atoms with Crippen molar-refractivity contribution in [3.05, 3.63) is 92.2 Å². The van der Waals surface area contributed by atoms with Crippen LogP contribution in [0.4, 0.5) is 11.4 Å². The number of esters is 1. The van der Waals surface area contributed by atoms with Gasteiger partial charge in [0.15, 0.2) is 0 Å². The predicted octanol–water partition coefficient (Wildman–Crippen LogP) is 4.77. The van der Waals surface area contributed by atoms with Gasteiger partial charge in [-0.05, 0) is 36.4 Å². The number of amides is 1. The Kier molecular flexibility index (Phi) is 6.06. The van der Waals surface area contributed by atoms with Gasteiger partial charge in [-0.2, -0.15) is 0 Å². The summed E-state index contributed by atoms with van der Waals surface area (Å²) in [5, 5.41) is 13.5. The SMILES string of the molecule is O=C(Oc1ccc(Cl)cc1C(=O)Nc1ccc([N+](=O)[O-])cc1Cl)c1ccncc1. The first-order chi connectivity index (χ1) is 13.8. The molecule has 0 saturated heterocycles. The summed E-state index contributed by atoms with van der Waals surface area (Å²) in [7, 11) is 0. The van der Waals surface area contributed by atoms with Crippen molar-refractivity contribution in [1.29, 1.82) is 0 Å². The minimum absolute atomic E-state index is 0.0191. The van der Waals surface area contributed by atoms with Crippen LogP contribution in [-0.4, -0.2) is 21.8 Å². The smallest absolute Gasteiger partial charge is 0.343 e. The molecule has 8 nitrogen and oxygen atoms in total. The van der Waals surface area contributed by atoms with E-state index in [1.807, 2.05) is 0 Å². The van der Waals surface area contributed by atoms with Gasteiger partial charge in [0.2, 0.25) is 0 Å². The summed E-state index contributed by atoms with van der Waals surface area (Å²) < 4.78 is 5.32. The summed E-state index contributed by atoms with van der Waals surface area (Å²) >= 11 is 12.0. The van der Waals surface area contributed by atoms with Crippen molar-refractivity contribution in [2.45, 2.75) is 0 Å². The molecule has 3 aromatic rings. The lowest BCUT2D eigenvalue weighted by Crippen LogP contribution is -2.16. The molecule has 0 aliphatic rings. The second-order valence-electron chi connectivity index (χ2n) is 5.64. The first-order valence-corrected chi connectivity index (χ1v) is 8.78. The summed E-state index contributed by atoms with van der Waals surface area (Å²) in [5.41, 5.74) is 0.158. The van der Waals surface area contributed by atoms with Gasteiger partial charge in [0.1, 0.15) is 5.75 Å². The fourth-order valence-electron chi connectivity index (χ4n) is 2.32. The largest absolute Gasteiger partial charge is 0.422 e. The van der Waals surface area contributed by atoms with Gasteiger partial charge in [-0.15, -0.1) is 0 Å². The average molecular weight is 432 g/mol. The van der Waals surface area contributed by atoms with Gasteiger partial charge in [-0.3, -0.25) is 19.9 Å². The molecule has 1 amide bonds. The van der Waals surface area contributed by atoms with E-state index < -0.39 is 16.8 Å². The van der Waals surface area contributed by atoms with Crippen LogP contribution in [0, 0.1) is 10.1 Å². The average Bonchev–Trinajstić information content (AvgIpc) is 2.71. The number of nitrogens with one attached hydrogen (secondary N) is 1. The third kappa shape index (κ3) is 4.87. The van der Waals surface area contributed by atoms with Crippen molar-refractivity contribution in [2.75, 3.05) is 5.32 Å². The standard InChI is InChI=1S/C19H11Cl2N3O5/c20-12-1-4-17(29-19(26)11-5-7-22-8-6-11)14(9-12)18(25)23-16-3-2-13(24(27)28)10-15(16)21/h1-10H,(H,23,25). The summed E-state index contributed by atoms with van der Waals surface area (Å²) in [6.07, 6.45) is 2.87. The molecule has 0 saturated carbocycles. The van der Waals surface area contributed by atoms with Crippen molar-refractivity contribution >= 4 is 46.5 Å². The Morgan fingerprint density at radius 2 is 1.76 bits per heavy atom. The van der Waals surface area contributed by atoms with E-state index in [4.69, 9.17) is 27.9 Å². The molecule has 1 N–H and O–H groups in total. The van der Waals surface area contributed by atoms with E-state index in [1.165, 1.54) is 54.9 Å². The maximum Gasteiger partial charge on any atom is 0.343 e. The highest BCUT2D eigenvalue weighted by molar-refractivity contribution is 6.34. The minimum Gasteiger partial charge on any atom is -0.422 e. The van der Waals surface area contributed by atoms with E-state index in [0.29, 0.717) is 0 Å². The third-order valence-corrected chi connectivity index (χ3v) is 4.26. The number of hydrogen-bond acceptors (Lipinski definition) is 6. The van der Waals surface area contributed by atoms with E-state index in [0.717, 1.165) is 6.07 Å². The minimum atomic E-state index is -0.683. The first-order valence-electron chi connectivity index (χ1n) is 8.02. The molecule has 1 aromatic heterocycles. The normalized spacial score (nSPS) is 10.3. The number of non-ortho nitro benzene ring substituents is 1. The molecule has 146 valence electrons. The van der Waals surface area contributed by atoms with E-state index in [1.54, 1.807) is 0 Å². The molecule has 3 rings (SSSR count). The highest BCUT2D eigenvalue weighted by Crippen LogP contribution is 2.29. The number of nitro benzene ring substituents is 1. The molecular formula is C19H11Cl2N3O5. The zero-order valence-corrected chi connectivity index (χ0v) is 16.0. The molecule has 0 aliphatic heterocycles. The number of hydrogen-bond donors (Lipinski definition) is 1. The van der Waals surface area contributed by atoms with Crippen LogP contribution >= 0.6 is 23.2 Å². The Balaban J connectivity index is 1.86. The van der Waals surface area contributed by atoms with Gasteiger partial charge in [-0.25, -0.2) is 4.79 Å². The van der Waals surface area contributed by atoms with Gasteiger partial charge in [-0.1, -0.05) is 23.2 Å². The molecule has 10 heteroatoms. The molecule has 0 bridgehead atoms. The molecule has 0 unspecified atom stereocenters. The lowest BCUT2D eigenvalue weighted by atomic mass is 10.1. The molecule has 0 spiro atoms. The van der Waals surface area contributed by atoms with Gasteiger partial charge in [0, 0.05) is 29.5 Å². The zero-order valence-electron chi connectivity index (χ0n) is 14.5. The second kappa shape index (κ2) is 8.68. The fourth-order valence-corrected chi connectivity index (χ4v) is 2.72. The van der Waals surface area contributed by atoms with Crippen LogP contribution in [0.2, 0.25) is 10.0 Å². The maximum absolute atomic E-state index is 12.7. The number of carbonyl (C=O) groups excluding carboxylic acids is 2. The first kappa shape index (κ1) is 20.2. The molecule has 0 fully saturated rings. The maximum atomic E-state index is 12.7. The number of anilines is 1. The van der Waals surface area contributed by atoms with Crippen LogP contribution in [0.25, 0.3) is 0 Å². The summed E-state index contributed by atoms with van der Waals surface area (Å²) in [6, 6.07) is 10.7. The monoisotopic (exact) mass is 431 g/mol. The van der Waals surface area contributed by atoms with E-state index in [9.17, 15) is 19.7 Å². The highest BCUT2D eigenvalue weighted by Gasteiger charge is 2.19. The van der Waals surface area contributed by atoms with Crippen molar-refractivity contribution in [3.63, 3.8) is 0 Å². The number of nitrogens with zero attached hydrogens (tertiary/aromatic N) is 2. The topological polar surface area (TPSA) is 111 Å². The molecule has 29 heavy (non-hydrogen) atoms. The Morgan fingerprint density at radius 3 is 2.41 bits per heavy atom. The van der Waals surface area contributed by atoms with Gasteiger partial charge in [0.25, 0.3) is 11.6 Å². The number of carbonyl (C=O) groups is 2. The van der Waals surface area contributed by atoms with E-state index in [2.05, 4.69) is 10.3 Å². The third-order valence-electron chi connectivity index (χ3n) is 3.72. The number of rotatable bonds is 5. The number of aromatic nitrogens is 1. The second-order valence-corrected chi connectivity index (χ2v) is 6.48. The zero-order chi connectivity index (χ0) is 21.0. The van der Waals surface area contributed by atoms with Crippen LogP contribution in [0.3, 0.4) is 0 Å². The quantitative estimate of drug-likeness (QED) is 0.269. The van der Waals surface area contributed by atoms with Gasteiger partial charge < -0.3 is 10.1 Å². The van der Waals surface area contributed by atoms with Crippen molar-refractivity contribution in [3.8, 4) is 5.75 Å². The number of nitro groups is 1. The van der Waals surface area contributed by atoms with Crippen molar-refractivity contribution in [2.24, 2.45) is 0 Å².